The molecule has 0 amide bonds. The molecule has 1 aromatic rings. The molecule has 1 rings (SSSR count). The Balaban J connectivity index is 2.84. The van der Waals surface area contributed by atoms with Crippen molar-refractivity contribution in [1.82, 2.24) is 10.1 Å². The Labute approximate surface area is 113 Å². The number of rotatable bonds is 8. The van der Waals surface area contributed by atoms with Crippen molar-refractivity contribution in [2.75, 3.05) is 19.1 Å². The molecule has 0 aliphatic rings. The monoisotopic (exact) mass is 273 g/mol. The lowest BCUT2D eigenvalue weighted by Gasteiger charge is -2.25. The zero-order valence-corrected chi connectivity index (χ0v) is 12.4. The molecule has 0 aliphatic carbocycles. The zero-order chi connectivity index (χ0) is 13.6. The third kappa shape index (κ3) is 3.24. The highest BCUT2D eigenvalue weighted by atomic mass is 32.2. The number of ether oxygens (including phenoxy) is 1. The molecule has 1 aromatic heterocycles. The number of nitrogens with zero attached hydrogens (tertiary/aromatic N) is 2. The van der Waals surface area contributed by atoms with Crippen molar-refractivity contribution in [3.63, 3.8) is 0 Å². The highest BCUT2D eigenvalue weighted by molar-refractivity contribution is 7.98. The fourth-order valence-electron chi connectivity index (χ4n) is 1.89. The normalized spacial score (nSPS) is 13.8. The van der Waals surface area contributed by atoms with E-state index in [1.807, 2.05) is 0 Å². The van der Waals surface area contributed by atoms with Gasteiger partial charge in [-0.15, -0.1) is 0 Å². The van der Waals surface area contributed by atoms with Crippen LogP contribution in [0.15, 0.2) is 4.52 Å². The Kier molecular flexibility index (Phi) is 6.11. The summed E-state index contributed by atoms with van der Waals surface area (Å²) >= 11 is 1.76. The average Bonchev–Trinajstić information content (AvgIpc) is 2.89. The smallest absolute Gasteiger partial charge is 0.243 e. The third-order valence-corrected chi connectivity index (χ3v) is 3.98. The molecule has 0 saturated carbocycles. The van der Waals surface area contributed by atoms with Gasteiger partial charge in [-0.3, -0.25) is 0 Å². The summed E-state index contributed by atoms with van der Waals surface area (Å²) in [6.07, 6.45) is 4.50. The van der Waals surface area contributed by atoms with E-state index in [-0.39, 0.29) is 6.04 Å². The minimum atomic E-state index is -0.457. The maximum Gasteiger partial charge on any atom is 0.243 e. The van der Waals surface area contributed by atoms with Gasteiger partial charge in [0, 0.05) is 7.11 Å². The van der Waals surface area contributed by atoms with Gasteiger partial charge in [-0.2, -0.15) is 16.7 Å². The van der Waals surface area contributed by atoms with Crippen LogP contribution in [0.1, 0.15) is 50.9 Å². The number of hydrogen-bond acceptors (Lipinski definition) is 6. The molecule has 5 nitrogen and oxygen atoms in total. The molecular weight excluding hydrogens is 250 g/mol. The lowest BCUT2D eigenvalue weighted by molar-refractivity contribution is -0.0306. The van der Waals surface area contributed by atoms with Crippen molar-refractivity contribution in [1.29, 1.82) is 0 Å². The summed E-state index contributed by atoms with van der Waals surface area (Å²) in [5.74, 6) is 2.09. The lowest BCUT2D eigenvalue weighted by Crippen LogP contribution is -2.28. The molecule has 0 aliphatic heterocycles. The Morgan fingerprint density at radius 2 is 2.11 bits per heavy atom. The first kappa shape index (κ1) is 15.5. The molecule has 6 heteroatoms. The average molecular weight is 273 g/mol. The maximum atomic E-state index is 6.01. The van der Waals surface area contributed by atoms with Crippen LogP contribution in [-0.2, 0) is 10.3 Å². The van der Waals surface area contributed by atoms with Crippen molar-refractivity contribution in [2.24, 2.45) is 5.73 Å². The SMILES string of the molecule is CCC(CC)(OC)c1noc([C@@H](N)CCSC)n1. The van der Waals surface area contributed by atoms with Crippen molar-refractivity contribution in [3.8, 4) is 0 Å². The number of methoxy groups -OCH3 is 1. The largest absolute Gasteiger partial charge is 0.370 e. The van der Waals surface area contributed by atoms with E-state index in [9.17, 15) is 0 Å². The van der Waals surface area contributed by atoms with Crippen LogP contribution in [0.3, 0.4) is 0 Å². The van der Waals surface area contributed by atoms with Crippen LogP contribution < -0.4 is 5.73 Å². The van der Waals surface area contributed by atoms with Gasteiger partial charge in [-0.1, -0.05) is 19.0 Å². The second kappa shape index (κ2) is 7.11. The molecule has 0 radical (unpaired) electrons. The summed E-state index contributed by atoms with van der Waals surface area (Å²) in [7, 11) is 1.68. The Morgan fingerprint density at radius 3 is 2.61 bits per heavy atom. The predicted molar refractivity (Wildman–Crippen MR) is 73.5 cm³/mol. The minimum absolute atomic E-state index is 0.193. The van der Waals surface area contributed by atoms with Gasteiger partial charge in [0.05, 0.1) is 6.04 Å². The topological polar surface area (TPSA) is 74.2 Å². The van der Waals surface area contributed by atoms with Gasteiger partial charge in [-0.05, 0) is 31.3 Å². The fourth-order valence-corrected chi connectivity index (χ4v) is 2.37. The Morgan fingerprint density at radius 1 is 1.44 bits per heavy atom. The molecule has 18 heavy (non-hydrogen) atoms. The van der Waals surface area contributed by atoms with Gasteiger partial charge in [0.2, 0.25) is 11.7 Å². The molecule has 0 bridgehead atoms. The van der Waals surface area contributed by atoms with Crippen LogP contribution >= 0.6 is 11.8 Å². The quantitative estimate of drug-likeness (QED) is 0.784. The van der Waals surface area contributed by atoms with Gasteiger partial charge in [-0.25, -0.2) is 0 Å². The summed E-state index contributed by atoms with van der Waals surface area (Å²) in [4.78, 5) is 4.41. The van der Waals surface area contributed by atoms with E-state index in [2.05, 4.69) is 30.2 Å². The standard InChI is InChI=1S/C12H23N3O2S/c1-5-12(6-2,16-3)11-14-10(17-15-11)9(13)7-8-18-4/h9H,5-8,13H2,1-4H3/t9-/m0/s1. The van der Waals surface area contributed by atoms with Crippen molar-refractivity contribution >= 4 is 11.8 Å². The van der Waals surface area contributed by atoms with Crippen molar-refractivity contribution < 1.29 is 9.26 Å². The Hall–Kier alpha value is -0.590. The van der Waals surface area contributed by atoms with E-state index in [1.165, 1.54) is 0 Å². The van der Waals surface area contributed by atoms with E-state index in [0.29, 0.717) is 11.7 Å². The maximum absolute atomic E-state index is 6.01. The van der Waals surface area contributed by atoms with Crippen LogP contribution in [0.5, 0.6) is 0 Å². The first-order valence-corrected chi connectivity index (χ1v) is 7.66. The molecule has 1 atom stereocenters. The van der Waals surface area contributed by atoms with Crippen LogP contribution in [0.4, 0.5) is 0 Å². The number of aromatic nitrogens is 2. The van der Waals surface area contributed by atoms with Crippen molar-refractivity contribution in [2.45, 2.75) is 44.8 Å². The fraction of sp³-hybridized carbons (Fsp3) is 0.833. The summed E-state index contributed by atoms with van der Waals surface area (Å²) in [6, 6.07) is -0.193. The van der Waals surface area contributed by atoms with E-state index in [4.69, 9.17) is 15.0 Å². The highest BCUT2D eigenvalue weighted by Gasteiger charge is 2.34. The molecule has 0 unspecified atom stereocenters. The first-order valence-electron chi connectivity index (χ1n) is 6.27. The summed E-state index contributed by atoms with van der Waals surface area (Å²) in [5, 5.41) is 4.03. The molecule has 0 spiro atoms. The lowest BCUT2D eigenvalue weighted by atomic mass is 9.96. The minimum Gasteiger partial charge on any atom is -0.370 e. The second-order valence-corrected chi connectivity index (χ2v) is 5.24. The number of thioether (sulfide) groups is 1. The van der Waals surface area contributed by atoms with Crippen molar-refractivity contribution in [3.05, 3.63) is 11.7 Å². The van der Waals surface area contributed by atoms with Crippen LogP contribution in [0.25, 0.3) is 0 Å². The zero-order valence-electron chi connectivity index (χ0n) is 11.6. The van der Waals surface area contributed by atoms with Gasteiger partial charge in [0.15, 0.2) is 0 Å². The van der Waals surface area contributed by atoms with Gasteiger partial charge in [0.1, 0.15) is 5.60 Å². The summed E-state index contributed by atoms with van der Waals surface area (Å²) < 4.78 is 10.8. The number of nitrogens with two attached hydrogens (primary N) is 1. The van der Waals surface area contributed by atoms with Crippen LogP contribution in [0.2, 0.25) is 0 Å². The Bertz CT molecular complexity index is 345. The predicted octanol–water partition coefficient (Wildman–Crippen LogP) is 2.48. The van der Waals surface area contributed by atoms with E-state index >= 15 is 0 Å². The molecule has 1 heterocycles. The van der Waals surface area contributed by atoms with Crippen LogP contribution in [-0.4, -0.2) is 29.3 Å². The van der Waals surface area contributed by atoms with Gasteiger partial charge >= 0.3 is 0 Å². The summed E-state index contributed by atoms with van der Waals surface area (Å²) in [6.45, 7) is 4.10. The first-order chi connectivity index (χ1) is 8.63. The van der Waals surface area contributed by atoms with Gasteiger partial charge in [0.25, 0.3) is 0 Å². The molecule has 0 saturated heterocycles. The van der Waals surface area contributed by atoms with Gasteiger partial charge < -0.3 is 15.0 Å². The molecule has 0 aromatic carbocycles. The molecule has 2 N–H and O–H groups in total. The van der Waals surface area contributed by atoms with E-state index in [1.54, 1.807) is 18.9 Å². The number of hydrogen-bond donors (Lipinski definition) is 1. The third-order valence-electron chi connectivity index (χ3n) is 3.33. The van der Waals surface area contributed by atoms with Crippen LogP contribution in [0, 0.1) is 0 Å². The summed E-state index contributed by atoms with van der Waals surface area (Å²) in [5.41, 5.74) is 5.55. The van der Waals surface area contributed by atoms with E-state index in [0.717, 1.165) is 25.0 Å². The molecular formula is C12H23N3O2S. The second-order valence-electron chi connectivity index (χ2n) is 4.25. The van der Waals surface area contributed by atoms with E-state index < -0.39 is 5.60 Å². The molecule has 104 valence electrons. The molecule has 0 fully saturated rings. The highest BCUT2D eigenvalue weighted by Crippen LogP contribution is 2.30.